The summed E-state index contributed by atoms with van der Waals surface area (Å²) in [5.74, 6) is 0. The van der Waals surface area contributed by atoms with Crippen LogP contribution in [0.4, 0.5) is 0 Å². The average molecular weight is 154 g/mol. The Kier molecular flexibility index (Phi) is 7.59. The maximum atomic E-state index is 9.47. The molecular weight excluding hydrogens is 146 g/mol. The quantitative estimate of drug-likeness (QED) is 0.313. The molecule has 0 aliphatic rings. The van der Waals surface area contributed by atoms with Gasteiger partial charge in [-0.3, -0.25) is 4.52 Å². The molecule has 0 amide bonds. The number of hydrogen-bond donors (Lipinski definition) is 2. The second-order valence-electron chi connectivity index (χ2n) is 0.673. The zero-order valence-electron chi connectivity index (χ0n) is 7.16. The monoisotopic (exact) mass is 154 g/mol. The first kappa shape index (κ1) is 11.5. The topological polar surface area (TPSA) is 66.8 Å². The minimum atomic E-state index is -4.15. The molecule has 0 radical (unpaired) electrons. The van der Waals surface area contributed by atoms with Gasteiger partial charge in [-0.15, -0.1) is 0 Å². The van der Waals surface area contributed by atoms with Gasteiger partial charge in [0.05, 0.1) is 0 Å². The van der Waals surface area contributed by atoms with E-state index in [1.54, 1.807) is 0 Å². The standard InChI is InChI=1S/CH5O4P.K.H/c1-5-6(2,3)4;;/h1H3,(H2,2,3,4);;/q;+1;-1/p+2. The van der Waals surface area contributed by atoms with E-state index in [4.69, 9.17) is 9.79 Å². The van der Waals surface area contributed by atoms with Gasteiger partial charge in [-0.25, -0.2) is 4.57 Å². The second-order valence-corrected chi connectivity index (χ2v) is 2.02. The van der Waals surface area contributed by atoms with Crippen LogP contribution in [0.2, 0.25) is 0 Å². The molecule has 0 aromatic heterocycles. The Labute approximate surface area is 88.4 Å². The Balaban J connectivity index is -0.0000000208. The summed E-state index contributed by atoms with van der Waals surface area (Å²) < 4.78 is 13.1. The molecule has 0 unspecified atom stereocenters. The molecule has 6 heteroatoms. The molecule has 4 nitrogen and oxygen atoms in total. The largest absolute Gasteiger partial charge is 1.00 e. The van der Waals surface area contributed by atoms with E-state index in [-0.39, 0.29) is 55.7 Å². The van der Waals surface area contributed by atoms with Gasteiger partial charge in [-0.1, -0.05) is 0 Å². The fourth-order valence-corrected chi connectivity index (χ4v) is 0. The second kappa shape index (κ2) is 4.61. The van der Waals surface area contributed by atoms with Gasteiger partial charge in [0.2, 0.25) is 0 Å². The molecule has 0 aromatic rings. The molecule has 0 aromatic carbocycles. The molecule has 0 bridgehead atoms. The third-order valence-electron chi connectivity index (χ3n) is 0.238. The molecule has 0 rings (SSSR count). The normalized spacial score (nSPS) is 10.1. The van der Waals surface area contributed by atoms with E-state index in [1.165, 1.54) is 0 Å². The van der Waals surface area contributed by atoms with Gasteiger partial charge < -0.3 is 11.2 Å². The minimum Gasteiger partial charge on any atom is -1.00 e. The molecule has 0 fully saturated rings. The Morgan fingerprint density at radius 3 is 2.00 bits per heavy atom. The molecule has 7 heavy (non-hydrogen) atoms. The van der Waals surface area contributed by atoms with E-state index in [0.717, 1.165) is 7.11 Å². The van der Waals surface area contributed by atoms with Gasteiger partial charge in [0.15, 0.2) is 0 Å². The van der Waals surface area contributed by atoms with Crippen LogP contribution in [0, 0.1) is 0 Å². The Morgan fingerprint density at radius 1 is 1.86 bits per heavy atom. The smallest absolute Gasteiger partial charge is 1.00 e. The number of phosphoric acid groups is 1. The van der Waals surface area contributed by atoms with Crippen LogP contribution in [0.15, 0.2) is 0 Å². The summed E-state index contributed by atoms with van der Waals surface area (Å²) in [5.41, 5.74) is 0. The van der Waals surface area contributed by atoms with E-state index in [0.29, 0.717) is 0 Å². The van der Waals surface area contributed by atoms with Crippen LogP contribution in [-0.4, -0.2) is 16.9 Å². The van der Waals surface area contributed by atoms with Crippen LogP contribution in [0.3, 0.4) is 0 Å². The van der Waals surface area contributed by atoms with Crippen LogP contribution < -0.4 is 51.4 Å². The van der Waals surface area contributed by atoms with Crippen molar-refractivity contribution in [3.8, 4) is 0 Å². The van der Waals surface area contributed by atoms with Crippen molar-refractivity contribution in [3.05, 3.63) is 0 Å². The first-order valence-electron chi connectivity index (χ1n) is 1.17. The third-order valence-corrected chi connectivity index (χ3v) is 0.714. The molecule has 0 saturated carbocycles. The summed E-state index contributed by atoms with van der Waals surface area (Å²) in [7, 11) is -3.20. The van der Waals surface area contributed by atoms with Crippen molar-refractivity contribution < 1.29 is 74.5 Å². The molecule has 0 aliphatic heterocycles. The molecular formula is CH8KO4P+2. The average Bonchev–Trinajstić information content (AvgIpc) is 1.35. The van der Waals surface area contributed by atoms with E-state index in [9.17, 15) is 4.57 Å². The number of hydrogen-bond acceptors (Lipinski definition) is 2. The Morgan fingerprint density at radius 2 is 2.00 bits per heavy atom. The minimum absolute atomic E-state index is 0. The molecule has 0 spiro atoms. The SMILES string of the molecule is COP(=O)(O)O.[H+].[H+].[H-].[K+]. The first-order chi connectivity index (χ1) is 2.56. The summed E-state index contributed by atoms with van der Waals surface area (Å²) in [6, 6.07) is 0. The van der Waals surface area contributed by atoms with E-state index in [2.05, 4.69) is 4.52 Å². The Hall–Kier alpha value is 1.75. The van der Waals surface area contributed by atoms with Crippen molar-refractivity contribution in [2.24, 2.45) is 0 Å². The van der Waals surface area contributed by atoms with Crippen molar-refractivity contribution in [1.29, 1.82) is 0 Å². The zero-order chi connectivity index (χ0) is 5.21. The predicted octanol–water partition coefficient (Wildman–Crippen LogP) is -2.93. The van der Waals surface area contributed by atoms with Gasteiger partial charge in [-0.05, 0) is 0 Å². The summed E-state index contributed by atoms with van der Waals surface area (Å²) >= 11 is 0. The van der Waals surface area contributed by atoms with Crippen molar-refractivity contribution in [2.45, 2.75) is 0 Å². The van der Waals surface area contributed by atoms with Crippen LogP contribution in [0.1, 0.15) is 4.28 Å². The molecule has 0 heterocycles. The van der Waals surface area contributed by atoms with Gasteiger partial charge in [0.1, 0.15) is 0 Å². The van der Waals surface area contributed by atoms with E-state index < -0.39 is 7.82 Å². The summed E-state index contributed by atoms with van der Waals surface area (Å²) in [6.45, 7) is 0. The maximum absolute atomic E-state index is 9.47. The van der Waals surface area contributed by atoms with Crippen molar-refractivity contribution in [3.63, 3.8) is 0 Å². The maximum Gasteiger partial charge on any atom is 1.00 e. The van der Waals surface area contributed by atoms with Gasteiger partial charge in [0.25, 0.3) is 0 Å². The first-order valence-corrected chi connectivity index (χ1v) is 2.70. The molecule has 0 aliphatic carbocycles. The van der Waals surface area contributed by atoms with Crippen molar-refractivity contribution in [1.82, 2.24) is 0 Å². The fourth-order valence-electron chi connectivity index (χ4n) is 0. The molecule has 40 valence electrons. The van der Waals surface area contributed by atoms with Crippen LogP contribution >= 0.6 is 7.82 Å². The van der Waals surface area contributed by atoms with Gasteiger partial charge in [-0.2, -0.15) is 0 Å². The zero-order valence-corrected chi connectivity index (χ0v) is 8.18. The molecule has 0 atom stereocenters. The predicted molar refractivity (Wildman–Crippen MR) is 22.4 cm³/mol. The van der Waals surface area contributed by atoms with Gasteiger partial charge in [0, 0.05) is 7.11 Å². The van der Waals surface area contributed by atoms with E-state index >= 15 is 0 Å². The fraction of sp³-hybridized carbons (Fsp3) is 1.00. The van der Waals surface area contributed by atoms with Crippen LogP contribution in [-0.2, 0) is 9.09 Å². The summed E-state index contributed by atoms with van der Waals surface area (Å²) in [5, 5.41) is 0. The number of rotatable bonds is 1. The summed E-state index contributed by atoms with van der Waals surface area (Å²) in [6.07, 6.45) is 0. The van der Waals surface area contributed by atoms with Crippen LogP contribution in [0.5, 0.6) is 0 Å². The molecule has 0 saturated heterocycles. The Bertz CT molecular complexity index is 84.6. The van der Waals surface area contributed by atoms with Crippen molar-refractivity contribution >= 4 is 7.82 Å². The molecule has 2 N–H and O–H groups in total. The van der Waals surface area contributed by atoms with Crippen LogP contribution in [0.25, 0.3) is 0 Å². The number of phosphoric ester groups is 1. The van der Waals surface area contributed by atoms with Gasteiger partial charge >= 0.3 is 62.1 Å². The van der Waals surface area contributed by atoms with Crippen molar-refractivity contribution in [2.75, 3.05) is 7.11 Å². The summed E-state index contributed by atoms with van der Waals surface area (Å²) in [4.78, 5) is 15.4. The van der Waals surface area contributed by atoms with E-state index in [1.807, 2.05) is 0 Å². The third kappa shape index (κ3) is 11.4.